The normalized spacial score (nSPS) is 15.8. The van der Waals surface area contributed by atoms with Crippen LogP contribution in [0.2, 0.25) is 0 Å². The fraction of sp³-hybridized carbons (Fsp3) is 0.333. The molecule has 1 saturated heterocycles. The van der Waals surface area contributed by atoms with E-state index in [2.05, 4.69) is 15.2 Å². The number of benzene rings is 1. The molecule has 0 aliphatic carbocycles. The zero-order valence-corrected chi connectivity index (χ0v) is 14.1. The van der Waals surface area contributed by atoms with Gasteiger partial charge >= 0.3 is 0 Å². The second kappa shape index (κ2) is 6.65. The number of amides is 1. The Morgan fingerprint density at radius 3 is 2.83 bits per heavy atom. The lowest BCUT2D eigenvalue weighted by molar-refractivity contribution is 0.0949. The van der Waals surface area contributed by atoms with E-state index in [0.717, 1.165) is 48.5 Å². The molecule has 1 fully saturated rings. The van der Waals surface area contributed by atoms with Gasteiger partial charge in [-0.2, -0.15) is 4.98 Å². The number of nitrogens with one attached hydrogen (secondary N) is 1. The van der Waals surface area contributed by atoms with Crippen LogP contribution in [0.1, 0.15) is 22.5 Å². The molecule has 1 aliphatic heterocycles. The molecule has 4 rings (SSSR count). The minimum Gasteiger partial charge on any atom is -0.423 e. The first-order valence-electron chi connectivity index (χ1n) is 8.22. The average molecular weight is 341 g/mol. The maximum atomic E-state index is 12.0. The molecular formula is C18H19N3O2S. The van der Waals surface area contributed by atoms with Crippen molar-refractivity contribution in [3.8, 4) is 0 Å². The summed E-state index contributed by atoms with van der Waals surface area (Å²) in [4.78, 5) is 19.5. The van der Waals surface area contributed by atoms with Gasteiger partial charge in [0.15, 0.2) is 5.58 Å². The molecule has 5 nitrogen and oxygen atoms in total. The molecule has 24 heavy (non-hydrogen) atoms. The highest BCUT2D eigenvalue weighted by molar-refractivity contribution is 7.12. The number of para-hydroxylation sites is 2. The molecule has 124 valence electrons. The van der Waals surface area contributed by atoms with E-state index in [9.17, 15) is 4.79 Å². The van der Waals surface area contributed by atoms with E-state index in [1.54, 1.807) is 0 Å². The summed E-state index contributed by atoms with van der Waals surface area (Å²) in [6.45, 7) is 2.55. The van der Waals surface area contributed by atoms with Gasteiger partial charge in [-0.25, -0.2) is 0 Å². The standard InChI is InChI=1S/C18H19N3O2S/c22-17(16-6-3-11-24-16)19-12-13-7-9-21(10-8-13)18-20-14-4-1-2-5-15(14)23-18/h1-6,11,13H,7-10,12H2,(H,19,22). The number of aromatic nitrogens is 1. The molecule has 0 radical (unpaired) electrons. The quantitative estimate of drug-likeness (QED) is 0.788. The number of hydrogen-bond acceptors (Lipinski definition) is 5. The molecule has 3 aromatic rings. The number of thiophene rings is 1. The first kappa shape index (κ1) is 15.2. The Kier molecular flexibility index (Phi) is 4.21. The summed E-state index contributed by atoms with van der Waals surface area (Å²) in [5.41, 5.74) is 1.73. The number of oxazole rings is 1. The fourth-order valence-corrected chi connectivity index (χ4v) is 3.70. The molecular weight excluding hydrogens is 322 g/mol. The fourth-order valence-electron chi connectivity index (χ4n) is 3.06. The van der Waals surface area contributed by atoms with E-state index in [-0.39, 0.29) is 5.91 Å². The van der Waals surface area contributed by atoms with Crippen molar-refractivity contribution in [2.75, 3.05) is 24.5 Å². The predicted octanol–water partition coefficient (Wildman–Crippen LogP) is 3.54. The van der Waals surface area contributed by atoms with Crippen molar-refractivity contribution >= 4 is 34.4 Å². The molecule has 0 atom stereocenters. The lowest BCUT2D eigenvalue weighted by atomic mass is 9.97. The summed E-state index contributed by atoms with van der Waals surface area (Å²) < 4.78 is 5.84. The molecule has 0 unspecified atom stereocenters. The van der Waals surface area contributed by atoms with Crippen molar-refractivity contribution in [1.29, 1.82) is 0 Å². The number of fused-ring (bicyclic) bond motifs is 1. The summed E-state index contributed by atoms with van der Waals surface area (Å²) in [7, 11) is 0. The number of carbonyl (C=O) groups excluding carboxylic acids is 1. The van der Waals surface area contributed by atoms with Crippen molar-refractivity contribution < 1.29 is 9.21 Å². The Morgan fingerprint density at radius 1 is 1.25 bits per heavy atom. The third kappa shape index (κ3) is 3.14. The van der Waals surface area contributed by atoms with Crippen LogP contribution in [0.3, 0.4) is 0 Å². The molecule has 0 saturated carbocycles. The first-order chi connectivity index (χ1) is 11.8. The molecule has 3 heterocycles. The van der Waals surface area contributed by atoms with Gasteiger partial charge in [-0.3, -0.25) is 4.79 Å². The topological polar surface area (TPSA) is 58.4 Å². The van der Waals surface area contributed by atoms with Crippen LogP contribution in [-0.2, 0) is 0 Å². The SMILES string of the molecule is O=C(NCC1CCN(c2nc3ccccc3o2)CC1)c1cccs1. The molecule has 0 spiro atoms. The zero-order chi connectivity index (χ0) is 16.4. The van der Waals surface area contributed by atoms with E-state index in [1.807, 2.05) is 41.8 Å². The number of anilines is 1. The molecule has 2 aromatic heterocycles. The summed E-state index contributed by atoms with van der Waals surface area (Å²) in [6, 6.07) is 12.3. The van der Waals surface area contributed by atoms with Gasteiger partial charge in [-0.15, -0.1) is 11.3 Å². The maximum absolute atomic E-state index is 12.0. The minimum atomic E-state index is 0.0337. The smallest absolute Gasteiger partial charge is 0.298 e. The van der Waals surface area contributed by atoms with E-state index in [1.165, 1.54) is 11.3 Å². The van der Waals surface area contributed by atoms with Crippen LogP contribution in [0, 0.1) is 5.92 Å². The molecule has 0 bridgehead atoms. The van der Waals surface area contributed by atoms with Crippen molar-refractivity contribution in [2.24, 2.45) is 5.92 Å². The lowest BCUT2D eigenvalue weighted by Gasteiger charge is -2.30. The summed E-state index contributed by atoms with van der Waals surface area (Å²) in [5, 5.41) is 4.97. The van der Waals surface area contributed by atoms with Crippen LogP contribution in [-0.4, -0.2) is 30.5 Å². The van der Waals surface area contributed by atoms with Gasteiger partial charge < -0.3 is 14.6 Å². The summed E-state index contributed by atoms with van der Waals surface area (Å²) in [6.07, 6.45) is 2.06. The Balaban J connectivity index is 1.31. The molecule has 1 N–H and O–H groups in total. The van der Waals surface area contributed by atoms with Crippen molar-refractivity contribution in [1.82, 2.24) is 10.3 Å². The van der Waals surface area contributed by atoms with Crippen molar-refractivity contribution in [3.63, 3.8) is 0 Å². The van der Waals surface area contributed by atoms with Gasteiger partial charge in [0.05, 0.1) is 4.88 Å². The van der Waals surface area contributed by atoms with Gasteiger partial charge in [0.2, 0.25) is 0 Å². The van der Waals surface area contributed by atoms with Crippen LogP contribution in [0.25, 0.3) is 11.1 Å². The van der Waals surface area contributed by atoms with Crippen molar-refractivity contribution in [2.45, 2.75) is 12.8 Å². The number of nitrogens with zero attached hydrogens (tertiary/aromatic N) is 2. The van der Waals surface area contributed by atoms with Crippen LogP contribution >= 0.6 is 11.3 Å². The minimum absolute atomic E-state index is 0.0337. The Hall–Kier alpha value is -2.34. The van der Waals surface area contributed by atoms with Crippen LogP contribution < -0.4 is 10.2 Å². The monoisotopic (exact) mass is 341 g/mol. The second-order valence-corrected chi connectivity index (χ2v) is 7.03. The molecule has 1 amide bonds. The van der Waals surface area contributed by atoms with Gasteiger partial charge in [-0.05, 0) is 42.3 Å². The number of hydrogen-bond donors (Lipinski definition) is 1. The van der Waals surface area contributed by atoms with Gasteiger partial charge in [0.1, 0.15) is 5.52 Å². The second-order valence-electron chi connectivity index (χ2n) is 6.08. The third-order valence-electron chi connectivity index (χ3n) is 4.46. The number of carbonyl (C=O) groups is 1. The highest BCUT2D eigenvalue weighted by Crippen LogP contribution is 2.26. The van der Waals surface area contributed by atoms with E-state index >= 15 is 0 Å². The Bertz CT molecular complexity index is 787. The Labute approximate surface area is 144 Å². The largest absolute Gasteiger partial charge is 0.423 e. The summed E-state index contributed by atoms with van der Waals surface area (Å²) in [5.74, 6) is 0.543. The average Bonchev–Trinajstić information content (AvgIpc) is 3.29. The zero-order valence-electron chi connectivity index (χ0n) is 13.3. The highest BCUT2D eigenvalue weighted by Gasteiger charge is 2.23. The van der Waals surface area contributed by atoms with Crippen LogP contribution in [0.4, 0.5) is 6.01 Å². The molecule has 6 heteroatoms. The van der Waals surface area contributed by atoms with Gasteiger partial charge in [0, 0.05) is 19.6 Å². The van der Waals surface area contributed by atoms with Crippen LogP contribution in [0.5, 0.6) is 0 Å². The third-order valence-corrected chi connectivity index (χ3v) is 5.33. The van der Waals surface area contributed by atoms with E-state index < -0.39 is 0 Å². The summed E-state index contributed by atoms with van der Waals surface area (Å²) >= 11 is 1.48. The van der Waals surface area contributed by atoms with Gasteiger partial charge in [-0.1, -0.05) is 18.2 Å². The Morgan fingerprint density at radius 2 is 2.08 bits per heavy atom. The molecule has 1 aromatic carbocycles. The van der Waals surface area contributed by atoms with Gasteiger partial charge in [0.25, 0.3) is 11.9 Å². The number of rotatable bonds is 4. The van der Waals surface area contributed by atoms with E-state index in [0.29, 0.717) is 11.9 Å². The first-order valence-corrected chi connectivity index (χ1v) is 9.10. The molecule has 1 aliphatic rings. The van der Waals surface area contributed by atoms with Crippen LogP contribution in [0.15, 0.2) is 46.2 Å². The number of piperidine rings is 1. The lowest BCUT2D eigenvalue weighted by Crippen LogP contribution is -2.38. The highest BCUT2D eigenvalue weighted by atomic mass is 32.1. The van der Waals surface area contributed by atoms with E-state index in [4.69, 9.17) is 4.42 Å². The predicted molar refractivity (Wildman–Crippen MR) is 95.6 cm³/mol. The maximum Gasteiger partial charge on any atom is 0.298 e. The van der Waals surface area contributed by atoms with Crippen molar-refractivity contribution in [3.05, 3.63) is 46.7 Å².